The Kier molecular flexibility index (Phi) is 5.55. The zero-order valence-corrected chi connectivity index (χ0v) is 16.8. The fourth-order valence-corrected chi connectivity index (χ4v) is 3.97. The number of carbonyl (C=O) groups is 1. The van der Waals surface area contributed by atoms with Gasteiger partial charge >= 0.3 is 0 Å². The lowest BCUT2D eigenvalue weighted by Crippen LogP contribution is -2.27. The van der Waals surface area contributed by atoms with Crippen molar-refractivity contribution >= 4 is 38.4 Å². The third-order valence-electron chi connectivity index (χ3n) is 4.38. The smallest absolute Gasteiger partial charge is 0.273 e. The zero-order valence-electron chi connectivity index (χ0n) is 15.9. The summed E-state index contributed by atoms with van der Waals surface area (Å²) < 4.78 is 1.80. The topological polar surface area (TPSA) is 80.1 Å². The van der Waals surface area contributed by atoms with Crippen molar-refractivity contribution in [2.45, 2.75) is 34.2 Å². The molecule has 0 bridgehead atoms. The molecule has 2 aromatic heterocycles. The van der Waals surface area contributed by atoms with Crippen LogP contribution in [0.25, 0.3) is 10.3 Å². The van der Waals surface area contributed by atoms with E-state index in [1.165, 1.54) is 22.2 Å². The maximum absolute atomic E-state index is 12.7. The first kappa shape index (κ1) is 19.0. The van der Waals surface area contributed by atoms with Crippen LogP contribution < -0.4 is 15.8 Å². The molecule has 2 heterocycles. The molecule has 0 fully saturated rings. The van der Waals surface area contributed by atoms with Crippen LogP contribution in [0.4, 0.5) is 10.8 Å². The Hall–Kier alpha value is -2.74. The first-order valence-electron chi connectivity index (χ1n) is 8.91. The number of aryl methyl sites for hydroxylation is 2. The predicted molar refractivity (Wildman–Crippen MR) is 110 cm³/mol. The fourth-order valence-electron chi connectivity index (χ4n) is 2.88. The molecule has 1 aromatic carbocycles. The van der Waals surface area contributed by atoms with E-state index in [2.05, 4.69) is 20.2 Å². The summed E-state index contributed by atoms with van der Waals surface area (Å²) in [5.41, 5.74) is 3.04. The van der Waals surface area contributed by atoms with Gasteiger partial charge in [-0.15, -0.1) is 0 Å². The first-order valence-corrected chi connectivity index (χ1v) is 9.72. The molecule has 0 saturated heterocycles. The third kappa shape index (κ3) is 4.00. The van der Waals surface area contributed by atoms with Crippen LogP contribution in [0.5, 0.6) is 0 Å². The molecule has 142 valence electrons. The number of rotatable bonds is 6. The van der Waals surface area contributed by atoms with Crippen molar-refractivity contribution in [1.82, 2.24) is 14.5 Å². The average molecular weight is 385 g/mol. The molecule has 0 unspecified atom stereocenters. The molecular weight excluding hydrogens is 362 g/mol. The van der Waals surface area contributed by atoms with Crippen molar-refractivity contribution in [2.75, 3.05) is 23.3 Å². The van der Waals surface area contributed by atoms with Crippen molar-refractivity contribution in [3.8, 4) is 0 Å². The second-order valence-electron chi connectivity index (χ2n) is 6.37. The SMILES string of the molecule is CCN(CC)c1nc2ncn(CC(=O)Nc3ccc(C)cc3C)c(=O)c2s1. The summed E-state index contributed by atoms with van der Waals surface area (Å²) in [7, 11) is 0. The van der Waals surface area contributed by atoms with Crippen LogP contribution in [0.15, 0.2) is 29.3 Å². The number of hydrogen-bond donors (Lipinski definition) is 1. The van der Waals surface area contributed by atoms with Crippen LogP contribution >= 0.6 is 11.3 Å². The van der Waals surface area contributed by atoms with E-state index in [4.69, 9.17) is 0 Å². The number of fused-ring (bicyclic) bond motifs is 1. The lowest BCUT2D eigenvalue weighted by molar-refractivity contribution is -0.116. The molecule has 27 heavy (non-hydrogen) atoms. The minimum absolute atomic E-state index is 0.0897. The van der Waals surface area contributed by atoms with Gasteiger partial charge in [-0.25, -0.2) is 4.98 Å². The van der Waals surface area contributed by atoms with E-state index in [1.54, 1.807) is 0 Å². The van der Waals surface area contributed by atoms with Crippen LogP contribution in [0.3, 0.4) is 0 Å². The van der Waals surface area contributed by atoms with E-state index in [-0.39, 0.29) is 18.0 Å². The lowest BCUT2D eigenvalue weighted by Gasteiger charge is -2.15. The number of anilines is 2. The van der Waals surface area contributed by atoms with E-state index >= 15 is 0 Å². The normalized spacial score (nSPS) is 11.0. The van der Waals surface area contributed by atoms with Crippen molar-refractivity contribution in [3.63, 3.8) is 0 Å². The van der Waals surface area contributed by atoms with Gasteiger partial charge < -0.3 is 10.2 Å². The maximum atomic E-state index is 12.7. The number of nitrogens with zero attached hydrogens (tertiary/aromatic N) is 4. The Bertz CT molecular complexity index is 1040. The average Bonchev–Trinajstić information content (AvgIpc) is 3.06. The van der Waals surface area contributed by atoms with Gasteiger partial charge in [-0.05, 0) is 39.3 Å². The fraction of sp³-hybridized carbons (Fsp3) is 0.368. The van der Waals surface area contributed by atoms with E-state index in [1.807, 2.05) is 45.9 Å². The quantitative estimate of drug-likeness (QED) is 0.706. The largest absolute Gasteiger partial charge is 0.349 e. The molecule has 7 nitrogen and oxygen atoms in total. The van der Waals surface area contributed by atoms with Gasteiger partial charge in [0.15, 0.2) is 10.8 Å². The Balaban J connectivity index is 1.83. The molecular formula is C19H23N5O2S. The highest BCUT2D eigenvalue weighted by molar-refractivity contribution is 7.22. The number of carbonyl (C=O) groups excluding carboxylic acids is 1. The lowest BCUT2D eigenvalue weighted by atomic mass is 10.1. The Morgan fingerprint density at radius 3 is 2.67 bits per heavy atom. The van der Waals surface area contributed by atoms with Gasteiger partial charge in [0.2, 0.25) is 5.91 Å². The highest BCUT2D eigenvalue weighted by Gasteiger charge is 2.15. The van der Waals surface area contributed by atoms with Gasteiger partial charge in [0.05, 0.1) is 0 Å². The molecule has 8 heteroatoms. The van der Waals surface area contributed by atoms with Gasteiger partial charge in [-0.1, -0.05) is 29.0 Å². The molecule has 3 rings (SSSR count). The maximum Gasteiger partial charge on any atom is 0.273 e. The van der Waals surface area contributed by atoms with Crippen LogP contribution in [0.2, 0.25) is 0 Å². The standard InChI is InChI=1S/C19H23N5O2S/c1-5-23(6-2)19-22-17-16(27-19)18(26)24(11-20-17)10-15(25)21-14-8-7-12(3)9-13(14)4/h7-9,11H,5-6,10H2,1-4H3,(H,21,25). The summed E-state index contributed by atoms with van der Waals surface area (Å²) in [5, 5.41) is 3.63. The van der Waals surface area contributed by atoms with Crippen LogP contribution in [-0.2, 0) is 11.3 Å². The molecule has 0 radical (unpaired) electrons. The molecule has 0 aliphatic heterocycles. The number of hydrogen-bond acceptors (Lipinski definition) is 6. The van der Waals surface area contributed by atoms with E-state index in [0.717, 1.165) is 35.0 Å². The van der Waals surface area contributed by atoms with Gasteiger partial charge in [-0.2, -0.15) is 4.98 Å². The highest BCUT2D eigenvalue weighted by Crippen LogP contribution is 2.24. The van der Waals surface area contributed by atoms with E-state index in [0.29, 0.717) is 10.3 Å². The van der Waals surface area contributed by atoms with Gasteiger partial charge in [0.25, 0.3) is 5.56 Å². The summed E-state index contributed by atoms with van der Waals surface area (Å²) in [4.78, 5) is 35.9. The molecule has 1 N–H and O–H groups in total. The Morgan fingerprint density at radius 2 is 2.00 bits per heavy atom. The van der Waals surface area contributed by atoms with E-state index in [9.17, 15) is 9.59 Å². The predicted octanol–water partition coefficient (Wildman–Crippen LogP) is 2.95. The Morgan fingerprint density at radius 1 is 1.26 bits per heavy atom. The third-order valence-corrected chi connectivity index (χ3v) is 5.47. The van der Waals surface area contributed by atoms with Crippen LogP contribution in [0, 0.1) is 13.8 Å². The first-order chi connectivity index (χ1) is 12.9. The molecule has 0 saturated carbocycles. The molecule has 0 atom stereocenters. The van der Waals surface area contributed by atoms with Crippen LogP contribution in [0.1, 0.15) is 25.0 Å². The molecule has 0 spiro atoms. The summed E-state index contributed by atoms with van der Waals surface area (Å²) in [6.07, 6.45) is 1.39. The minimum Gasteiger partial charge on any atom is -0.349 e. The monoisotopic (exact) mass is 385 g/mol. The summed E-state index contributed by atoms with van der Waals surface area (Å²) in [6, 6.07) is 5.81. The molecule has 0 aliphatic carbocycles. The zero-order chi connectivity index (χ0) is 19.6. The highest BCUT2D eigenvalue weighted by atomic mass is 32.1. The van der Waals surface area contributed by atoms with E-state index < -0.39 is 0 Å². The number of nitrogens with one attached hydrogen (secondary N) is 1. The van der Waals surface area contributed by atoms with Crippen molar-refractivity contribution in [3.05, 3.63) is 46.0 Å². The second kappa shape index (κ2) is 7.87. The Labute approximate surface area is 161 Å². The number of thiazole rings is 1. The second-order valence-corrected chi connectivity index (χ2v) is 7.34. The summed E-state index contributed by atoms with van der Waals surface area (Å²) in [5.74, 6) is -0.265. The number of amides is 1. The van der Waals surface area contributed by atoms with Crippen molar-refractivity contribution in [1.29, 1.82) is 0 Å². The van der Waals surface area contributed by atoms with Gasteiger partial charge in [0, 0.05) is 18.8 Å². The minimum atomic E-state index is -0.265. The summed E-state index contributed by atoms with van der Waals surface area (Å²) >= 11 is 1.32. The summed E-state index contributed by atoms with van der Waals surface area (Å²) in [6.45, 7) is 9.55. The number of benzene rings is 1. The van der Waals surface area contributed by atoms with Gasteiger partial charge in [-0.3, -0.25) is 14.2 Å². The van der Waals surface area contributed by atoms with Gasteiger partial charge in [0.1, 0.15) is 17.6 Å². The molecule has 1 amide bonds. The molecule has 3 aromatic rings. The van der Waals surface area contributed by atoms with Crippen molar-refractivity contribution < 1.29 is 4.79 Å². The number of aromatic nitrogens is 3. The van der Waals surface area contributed by atoms with Crippen molar-refractivity contribution in [2.24, 2.45) is 0 Å². The molecule has 0 aliphatic rings. The van der Waals surface area contributed by atoms with Crippen LogP contribution in [-0.4, -0.2) is 33.5 Å².